The molecule has 2 fully saturated rings. The molecule has 0 radical (unpaired) electrons. The number of allylic oxidation sites excluding steroid dienone is 3. The maximum absolute atomic E-state index is 11.6. The first-order valence-corrected chi connectivity index (χ1v) is 11.4. The molecule has 4 nitrogen and oxygen atoms in total. The van der Waals surface area contributed by atoms with E-state index in [1.807, 2.05) is 0 Å². The summed E-state index contributed by atoms with van der Waals surface area (Å²) in [6.45, 7) is 13.4. The predicted molar refractivity (Wildman–Crippen MR) is 118 cm³/mol. The van der Waals surface area contributed by atoms with Crippen LogP contribution in [0.15, 0.2) is 23.8 Å². The molecular weight excluding hydrogens is 364 g/mol. The van der Waals surface area contributed by atoms with Gasteiger partial charge >= 0.3 is 5.97 Å². The number of epoxide rings is 1. The molecule has 29 heavy (non-hydrogen) atoms. The van der Waals surface area contributed by atoms with Crippen molar-refractivity contribution in [1.29, 1.82) is 0 Å². The molecule has 2 saturated heterocycles. The summed E-state index contributed by atoms with van der Waals surface area (Å²) in [5.41, 5.74) is 1.26. The van der Waals surface area contributed by atoms with E-state index in [0.29, 0.717) is 30.3 Å². The fourth-order valence-electron chi connectivity index (χ4n) is 4.93. The summed E-state index contributed by atoms with van der Waals surface area (Å²) in [6, 6.07) is 0. The molecule has 2 rings (SSSR count). The fraction of sp³-hybridized carbons (Fsp3) is 0.800. The highest BCUT2D eigenvalue weighted by Gasteiger charge is 2.54. The average molecular weight is 407 g/mol. The summed E-state index contributed by atoms with van der Waals surface area (Å²) in [7, 11) is 1.43. The molecule has 0 aromatic heterocycles. The fourth-order valence-corrected chi connectivity index (χ4v) is 4.93. The van der Waals surface area contributed by atoms with Crippen molar-refractivity contribution in [1.82, 2.24) is 0 Å². The zero-order valence-electron chi connectivity index (χ0n) is 19.6. The number of esters is 1. The van der Waals surface area contributed by atoms with E-state index in [0.717, 1.165) is 19.3 Å². The van der Waals surface area contributed by atoms with Crippen molar-refractivity contribution in [2.45, 2.75) is 104 Å². The quantitative estimate of drug-likeness (QED) is 0.259. The molecule has 0 aromatic rings. The maximum atomic E-state index is 11.6. The Hall–Kier alpha value is -1.13. The van der Waals surface area contributed by atoms with Gasteiger partial charge in [-0.05, 0) is 62.9 Å². The zero-order valence-corrected chi connectivity index (χ0v) is 19.6. The van der Waals surface area contributed by atoms with Gasteiger partial charge in [-0.1, -0.05) is 52.3 Å². The standard InChI is InChI=1S/C25H42O4/c1-8-10-20(5)24-25(6,29-24)16-17(2)11-9-12-18(3)23-19(4)13-14-21(28-23)15-22(26)27-7/h9,11-12,17,19-21,23-24H,8,10,13-16H2,1-7H3/b11-9+,18-12+/t17-,19+,20-,21-,23-,24-,25-/m1/s1. The first kappa shape index (κ1) is 24.1. The van der Waals surface area contributed by atoms with Gasteiger partial charge in [0.2, 0.25) is 0 Å². The van der Waals surface area contributed by atoms with E-state index < -0.39 is 0 Å². The Morgan fingerprint density at radius 2 is 2.03 bits per heavy atom. The van der Waals surface area contributed by atoms with E-state index in [2.05, 4.69) is 59.8 Å². The molecule has 2 aliphatic heterocycles. The third-order valence-electron chi connectivity index (χ3n) is 6.60. The summed E-state index contributed by atoms with van der Waals surface area (Å²) in [5, 5.41) is 0. The minimum Gasteiger partial charge on any atom is -0.469 e. The maximum Gasteiger partial charge on any atom is 0.308 e. The number of hydrogen-bond donors (Lipinski definition) is 0. The molecule has 2 aliphatic rings. The highest BCUT2D eigenvalue weighted by molar-refractivity contribution is 5.69. The molecule has 0 amide bonds. The summed E-state index contributed by atoms with van der Waals surface area (Å²) < 4.78 is 17.1. The zero-order chi connectivity index (χ0) is 21.6. The minimum atomic E-state index is -0.194. The summed E-state index contributed by atoms with van der Waals surface area (Å²) in [4.78, 5) is 11.6. The third kappa shape index (κ3) is 6.96. The third-order valence-corrected chi connectivity index (χ3v) is 6.60. The molecule has 0 spiro atoms. The van der Waals surface area contributed by atoms with Gasteiger partial charge in [0.1, 0.15) is 0 Å². The van der Waals surface area contributed by atoms with Gasteiger partial charge in [0.25, 0.3) is 0 Å². The van der Waals surface area contributed by atoms with Crippen molar-refractivity contribution in [3.63, 3.8) is 0 Å². The van der Waals surface area contributed by atoms with Crippen molar-refractivity contribution in [2.75, 3.05) is 7.11 Å². The Morgan fingerprint density at radius 1 is 1.31 bits per heavy atom. The van der Waals surface area contributed by atoms with Gasteiger partial charge in [0, 0.05) is 0 Å². The lowest BCUT2D eigenvalue weighted by molar-refractivity contribution is -0.147. The summed E-state index contributed by atoms with van der Waals surface area (Å²) in [5.74, 6) is 1.39. The molecule has 166 valence electrons. The number of ether oxygens (including phenoxy) is 3. The average Bonchev–Trinajstić information content (AvgIpc) is 3.34. The topological polar surface area (TPSA) is 48.1 Å². The van der Waals surface area contributed by atoms with E-state index in [4.69, 9.17) is 14.2 Å². The molecular formula is C25H42O4. The van der Waals surface area contributed by atoms with E-state index in [9.17, 15) is 4.79 Å². The minimum absolute atomic E-state index is 0.0380. The van der Waals surface area contributed by atoms with Crippen LogP contribution in [0.25, 0.3) is 0 Å². The van der Waals surface area contributed by atoms with Crippen LogP contribution >= 0.6 is 0 Å². The SMILES string of the molecule is CCC[C@@H](C)[C@H]1O[C@]1(C)C[C@H](C)/C=C/C=C(\C)[C@H]1O[C@@H](CC(=O)OC)CC[C@@H]1C. The molecule has 0 aromatic carbocycles. The van der Waals surface area contributed by atoms with E-state index in [1.54, 1.807) is 0 Å². The molecule has 0 N–H and O–H groups in total. The number of rotatable bonds is 10. The Bertz CT molecular complexity index is 596. The predicted octanol–water partition coefficient (Wildman–Crippen LogP) is 5.86. The second kappa shape index (κ2) is 10.8. The lowest BCUT2D eigenvalue weighted by Crippen LogP contribution is -2.35. The van der Waals surface area contributed by atoms with Crippen LogP contribution in [-0.2, 0) is 19.0 Å². The van der Waals surface area contributed by atoms with Crippen LogP contribution in [0.2, 0.25) is 0 Å². The van der Waals surface area contributed by atoms with Crippen LogP contribution in [0.3, 0.4) is 0 Å². The van der Waals surface area contributed by atoms with Crippen LogP contribution in [-0.4, -0.2) is 37.0 Å². The van der Waals surface area contributed by atoms with Gasteiger partial charge in [0.05, 0.1) is 37.4 Å². The van der Waals surface area contributed by atoms with Gasteiger partial charge in [-0.25, -0.2) is 0 Å². The van der Waals surface area contributed by atoms with Gasteiger partial charge in [0.15, 0.2) is 0 Å². The number of carbonyl (C=O) groups excluding carboxylic acids is 1. The molecule has 0 saturated carbocycles. The van der Waals surface area contributed by atoms with Crippen molar-refractivity contribution in [3.8, 4) is 0 Å². The van der Waals surface area contributed by atoms with Crippen LogP contribution < -0.4 is 0 Å². The van der Waals surface area contributed by atoms with Gasteiger partial charge < -0.3 is 14.2 Å². The second-order valence-corrected chi connectivity index (χ2v) is 9.61. The lowest BCUT2D eigenvalue weighted by atomic mass is 9.87. The largest absolute Gasteiger partial charge is 0.469 e. The molecule has 2 heterocycles. The first-order chi connectivity index (χ1) is 13.7. The second-order valence-electron chi connectivity index (χ2n) is 9.61. The normalized spacial score (nSPS) is 34.8. The summed E-state index contributed by atoms with van der Waals surface area (Å²) >= 11 is 0. The van der Waals surface area contributed by atoms with E-state index in [-0.39, 0.29) is 23.8 Å². The van der Waals surface area contributed by atoms with Crippen molar-refractivity contribution >= 4 is 5.97 Å². The number of carbonyl (C=O) groups is 1. The molecule has 7 atom stereocenters. The molecule has 0 unspecified atom stereocenters. The number of hydrogen-bond acceptors (Lipinski definition) is 4. The highest BCUT2D eigenvalue weighted by atomic mass is 16.6. The van der Waals surface area contributed by atoms with Crippen molar-refractivity contribution < 1.29 is 19.0 Å². The van der Waals surface area contributed by atoms with Crippen molar-refractivity contribution in [2.24, 2.45) is 17.8 Å². The van der Waals surface area contributed by atoms with Crippen LogP contribution in [0, 0.1) is 17.8 Å². The first-order valence-electron chi connectivity index (χ1n) is 11.4. The van der Waals surface area contributed by atoms with Gasteiger partial charge in [-0.15, -0.1) is 0 Å². The Kier molecular flexibility index (Phi) is 8.96. The van der Waals surface area contributed by atoms with Gasteiger partial charge in [-0.2, -0.15) is 0 Å². The van der Waals surface area contributed by atoms with Crippen LogP contribution in [0.1, 0.15) is 80.1 Å². The molecule has 4 heteroatoms. The lowest BCUT2D eigenvalue weighted by Gasteiger charge is -2.35. The Morgan fingerprint density at radius 3 is 2.69 bits per heavy atom. The Balaban J connectivity index is 1.86. The van der Waals surface area contributed by atoms with Crippen molar-refractivity contribution in [3.05, 3.63) is 23.8 Å². The summed E-state index contributed by atoms with van der Waals surface area (Å²) in [6.07, 6.45) is 12.9. The van der Waals surface area contributed by atoms with Gasteiger partial charge in [-0.3, -0.25) is 4.79 Å². The highest BCUT2D eigenvalue weighted by Crippen LogP contribution is 2.46. The molecule has 0 aliphatic carbocycles. The number of methoxy groups -OCH3 is 1. The monoisotopic (exact) mass is 406 g/mol. The van der Waals surface area contributed by atoms with E-state index >= 15 is 0 Å². The van der Waals surface area contributed by atoms with Crippen LogP contribution in [0.5, 0.6) is 0 Å². The van der Waals surface area contributed by atoms with Crippen LogP contribution in [0.4, 0.5) is 0 Å². The molecule has 0 bridgehead atoms. The smallest absolute Gasteiger partial charge is 0.308 e. The Labute approximate surface area is 178 Å². The van der Waals surface area contributed by atoms with E-state index in [1.165, 1.54) is 25.5 Å².